The van der Waals surface area contributed by atoms with Crippen molar-refractivity contribution in [1.29, 1.82) is 0 Å². The van der Waals surface area contributed by atoms with Crippen molar-refractivity contribution in [3.05, 3.63) is 59.2 Å². The van der Waals surface area contributed by atoms with Crippen LogP contribution in [0.1, 0.15) is 33.2 Å². The lowest BCUT2D eigenvalue weighted by molar-refractivity contribution is -0.138. The molecule has 2 aliphatic rings. The molecule has 148 valence electrons. The number of alkyl halides is 3. The van der Waals surface area contributed by atoms with Crippen molar-refractivity contribution in [3.8, 4) is 11.5 Å². The van der Waals surface area contributed by atoms with Crippen molar-refractivity contribution in [1.82, 2.24) is 4.90 Å². The second-order valence-electron chi connectivity index (χ2n) is 6.60. The highest BCUT2D eigenvalue weighted by molar-refractivity contribution is 7.99. The highest BCUT2D eigenvalue weighted by atomic mass is 32.2. The molecule has 2 heterocycles. The third kappa shape index (κ3) is 3.78. The Labute approximate surface area is 164 Å². The number of ether oxygens (including phenoxy) is 2. The molecule has 0 aromatic heterocycles. The van der Waals surface area contributed by atoms with Crippen molar-refractivity contribution >= 4 is 17.7 Å². The minimum Gasteiger partial charge on any atom is -0.454 e. The highest BCUT2D eigenvalue weighted by Crippen LogP contribution is 2.40. The average Bonchev–Trinajstić information content (AvgIpc) is 3.01. The molecule has 4 nitrogen and oxygen atoms in total. The molecule has 4 rings (SSSR count). The summed E-state index contributed by atoms with van der Waals surface area (Å²) in [6, 6.07) is 10.7. The molecule has 1 saturated heterocycles. The van der Waals surface area contributed by atoms with Crippen molar-refractivity contribution in [2.45, 2.75) is 17.8 Å². The number of rotatable bonds is 2. The highest BCUT2D eigenvalue weighted by Gasteiger charge is 2.36. The zero-order valence-corrected chi connectivity index (χ0v) is 15.7. The number of hydrogen-bond donors (Lipinski definition) is 0. The summed E-state index contributed by atoms with van der Waals surface area (Å²) in [7, 11) is 0. The van der Waals surface area contributed by atoms with Gasteiger partial charge < -0.3 is 14.4 Å². The van der Waals surface area contributed by atoms with Gasteiger partial charge in [-0.3, -0.25) is 4.79 Å². The molecule has 0 N–H and O–H groups in total. The van der Waals surface area contributed by atoms with Crippen LogP contribution in [0, 0.1) is 0 Å². The lowest BCUT2D eigenvalue weighted by Gasteiger charge is -2.22. The number of carbonyl (C=O) groups is 1. The summed E-state index contributed by atoms with van der Waals surface area (Å²) in [5.74, 6) is 1.50. The minimum atomic E-state index is -4.55. The Kier molecular flexibility index (Phi) is 5.14. The standard InChI is InChI=1S/C20H18F3NO3S/c21-20(22,23)15-4-2-1-3-14(15)19(25)24-8-7-18(28-10-9-24)13-5-6-16-17(11-13)27-12-26-16/h1-6,11,18H,7-10,12H2. The first-order valence-corrected chi connectivity index (χ1v) is 9.95. The van der Waals surface area contributed by atoms with E-state index in [-0.39, 0.29) is 17.6 Å². The maximum absolute atomic E-state index is 13.3. The predicted molar refractivity (Wildman–Crippen MR) is 99.7 cm³/mol. The monoisotopic (exact) mass is 409 g/mol. The normalized spacial score (nSPS) is 19.4. The zero-order valence-electron chi connectivity index (χ0n) is 14.9. The second kappa shape index (κ2) is 7.58. The molecular formula is C20H18F3NO3S. The second-order valence-corrected chi connectivity index (χ2v) is 7.91. The van der Waals surface area contributed by atoms with E-state index in [2.05, 4.69) is 0 Å². The number of hydrogen-bond acceptors (Lipinski definition) is 4. The van der Waals surface area contributed by atoms with E-state index in [9.17, 15) is 18.0 Å². The summed E-state index contributed by atoms with van der Waals surface area (Å²) in [5, 5.41) is 0.144. The van der Waals surface area contributed by atoms with Crippen LogP contribution in [0.25, 0.3) is 0 Å². The van der Waals surface area contributed by atoms with Crippen LogP contribution in [0.3, 0.4) is 0 Å². The Morgan fingerprint density at radius 1 is 1.07 bits per heavy atom. The van der Waals surface area contributed by atoms with Crippen LogP contribution in [0.4, 0.5) is 13.2 Å². The number of fused-ring (bicyclic) bond motifs is 1. The Balaban J connectivity index is 1.50. The van der Waals surface area contributed by atoms with Gasteiger partial charge in [0.15, 0.2) is 11.5 Å². The van der Waals surface area contributed by atoms with E-state index < -0.39 is 17.6 Å². The van der Waals surface area contributed by atoms with Crippen LogP contribution in [0.5, 0.6) is 11.5 Å². The van der Waals surface area contributed by atoms with Crippen molar-refractivity contribution in [2.75, 3.05) is 25.6 Å². The predicted octanol–water partition coefficient (Wildman–Crippen LogP) is 4.75. The van der Waals surface area contributed by atoms with Crippen molar-refractivity contribution in [2.24, 2.45) is 0 Å². The maximum Gasteiger partial charge on any atom is 0.417 e. The van der Waals surface area contributed by atoms with Gasteiger partial charge >= 0.3 is 6.18 Å². The van der Waals surface area contributed by atoms with Gasteiger partial charge in [0.1, 0.15) is 0 Å². The molecule has 2 aromatic carbocycles. The van der Waals surface area contributed by atoms with Crippen LogP contribution in [0.15, 0.2) is 42.5 Å². The van der Waals surface area contributed by atoms with E-state index in [1.165, 1.54) is 23.1 Å². The summed E-state index contributed by atoms with van der Waals surface area (Å²) < 4.78 is 50.5. The maximum atomic E-state index is 13.3. The molecule has 1 fully saturated rings. The van der Waals surface area contributed by atoms with Gasteiger partial charge in [-0.1, -0.05) is 18.2 Å². The molecule has 0 radical (unpaired) electrons. The Hall–Kier alpha value is -2.35. The Morgan fingerprint density at radius 3 is 2.68 bits per heavy atom. The first-order chi connectivity index (χ1) is 13.4. The van der Waals surface area contributed by atoms with Gasteiger partial charge in [-0.25, -0.2) is 0 Å². The van der Waals surface area contributed by atoms with Gasteiger partial charge in [0.2, 0.25) is 6.79 Å². The summed E-state index contributed by atoms with van der Waals surface area (Å²) in [6.45, 7) is 1.02. The van der Waals surface area contributed by atoms with E-state index in [1.807, 2.05) is 18.2 Å². The number of amides is 1. The van der Waals surface area contributed by atoms with Crippen molar-refractivity contribution < 1.29 is 27.4 Å². The number of benzene rings is 2. The first kappa shape index (κ1) is 19.0. The fourth-order valence-corrected chi connectivity index (χ4v) is 4.66. The summed E-state index contributed by atoms with van der Waals surface area (Å²) in [6.07, 6.45) is -3.90. The SMILES string of the molecule is O=C(c1ccccc1C(F)(F)F)N1CCSC(c2ccc3c(c2)OCO3)CC1. The molecule has 2 aromatic rings. The Morgan fingerprint density at radius 2 is 1.86 bits per heavy atom. The van der Waals surface area contributed by atoms with E-state index in [0.29, 0.717) is 36.8 Å². The van der Waals surface area contributed by atoms with Crippen LogP contribution in [-0.4, -0.2) is 36.4 Å². The molecule has 2 aliphatic heterocycles. The molecule has 1 amide bonds. The van der Waals surface area contributed by atoms with Crippen LogP contribution >= 0.6 is 11.8 Å². The fourth-order valence-electron chi connectivity index (χ4n) is 3.44. The van der Waals surface area contributed by atoms with Crippen LogP contribution < -0.4 is 9.47 Å². The number of halogens is 3. The van der Waals surface area contributed by atoms with E-state index in [1.54, 1.807) is 11.8 Å². The number of nitrogens with zero attached hydrogens (tertiary/aromatic N) is 1. The van der Waals surface area contributed by atoms with Gasteiger partial charge in [-0.15, -0.1) is 0 Å². The summed E-state index contributed by atoms with van der Waals surface area (Å²) in [5.41, 5.74) is -0.106. The summed E-state index contributed by atoms with van der Waals surface area (Å²) >= 11 is 1.70. The molecular weight excluding hydrogens is 391 g/mol. The van der Waals surface area contributed by atoms with E-state index >= 15 is 0 Å². The average molecular weight is 409 g/mol. The Bertz CT molecular complexity index is 887. The minimum absolute atomic E-state index is 0.144. The fraction of sp³-hybridized carbons (Fsp3) is 0.350. The first-order valence-electron chi connectivity index (χ1n) is 8.90. The van der Waals surface area contributed by atoms with E-state index in [0.717, 1.165) is 11.6 Å². The molecule has 8 heteroatoms. The van der Waals surface area contributed by atoms with Crippen LogP contribution in [0.2, 0.25) is 0 Å². The third-order valence-corrected chi connectivity index (χ3v) is 6.19. The number of carbonyl (C=O) groups excluding carboxylic acids is 1. The van der Waals surface area contributed by atoms with Crippen LogP contribution in [-0.2, 0) is 6.18 Å². The van der Waals surface area contributed by atoms with Gasteiger partial charge in [0.25, 0.3) is 5.91 Å². The van der Waals surface area contributed by atoms with Crippen molar-refractivity contribution in [3.63, 3.8) is 0 Å². The number of thioether (sulfide) groups is 1. The lowest BCUT2D eigenvalue weighted by Crippen LogP contribution is -2.34. The summed E-state index contributed by atoms with van der Waals surface area (Å²) in [4.78, 5) is 14.3. The molecule has 28 heavy (non-hydrogen) atoms. The van der Waals surface area contributed by atoms with Gasteiger partial charge in [0.05, 0.1) is 11.1 Å². The van der Waals surface area contributed by atoms with E-state index in [4.69, 9.17) is 9.47 Å². The topological polar surface area (TPSA) is 38.8 Å². The molecule has 1 unspecified atom stereocenters. The van der Waals surface area contributed by atoms with Gasteiger partial charge in [-0.05, 0) is 36.2 Å². The van der Waals surface area contributed by atoms with Gasteiger partial charge in [-0.2, -0.15) is 24.9 Å². The quantitative estimate of drug-likeness (QED) is 0.717. The zero-order chi connectivity index (χ0) is 19.7. The molecule has 0 spiro atoms. The molecule has 0 aliphatic carbocycles. The molecule has 1 atom stereocenters. The smallest absolute Gasteiger partial charge is 0.417 e. The third-order valence-electron chi connectivity index (χ3n) is 4.86. The molecule has 0 saturated carbocycles. The largest absolute Gasteiger partial charge is 0.454 e. The van der Waals surface area contributed by atoms with Gasteiger partial charge in [0, 0.05) is 24.1 Å². The molecule has 0 bridgehead atoms. The lowest BCUT2D eigenvalue weighted by atomic mass is 10.0.